The van der Waals surface area contributed by atoms with Gasteiger partial charge in [-0.2, -0.15) is 0 Å². The van der Waals surface area contributed by atoms with Gasteiger partial charge < -0.3 is 14.4 Å². The van der Waals surface area contributed by atoms with E-state index in [4.69, 9.17) is 9.72 Å². The van der Waals surface area contributed by atoms with Crippen LogP contribution in [-0.4, -0.2) is 20.8 Å². The highest BCUT2D eigenvalue weighted by Gasteiger charge is 2.15. The van der Waals surface area contributed by atoms with Crippen molar-refractivity contribution in [2.45, 2.75) is 32.7 Å². The van der Waals surface area contributed by atoms with Crippen LogP contribution in [-0.2, 0) is 13.0 Å². The summed E-state index contributed by atoms with van der Waals surface area (Å²) in [5, 5.41) is 11.0. The fourth-order valence-electron chi connectivity index (χ4n) is 4.47. The molecule has 0 aliphatic heterocycles. The van der Waals surface area contributed by atoms with E-state index < -0.39 is 6.16 Å². The molecule has 1 heterocycles. The maximum atomic E-state index is 11.4. The van der Waals surface area contributed by atoms with Crippen LogP contribution in [0.25, 0.3) is 32.9 Å². The molecule has 0 bridgehead atoms. The molecular formula is C29H26N2O3. The van der Waals surface area contributed by atoms with Gasteiger partial charge in [0.1, 0.15) is 11.6 Å². The van der Waals surface area contributed by atoms with Crippen LogP contribution in [0.3, 0.4) is 0 Å². The summed E-state index contributed by atoms with van der Waals surface area (Å²) in [5.41, 5.74) is 4.99. The molecule has 0 amide bonds. The lowest BCUT2D eigenvalue weighted by atomic mass is 9.98. The summed E-state index contributed by atoms with van der Waals surface area (Å²) < 4.78 is 7.53. The third-order valence-electron chi connectivity index (χ3n) is 6.16. The number of aryl methyl sites for hydroxylation is 1. The molecular weight excluding hydrogens is 424 g/mol. The predicted molar refractivity (Wildman–Crippen MR) is 135 cm³/mol. The van der Waals surface area contributed by atoms with Gasteiger partial charge in [-0.1, -0.05) is 80.1 Å². The van der Waals surface area contributed by atoms with E-state index in [9.17, 15) is 9.90 Å². The number of aromatic nitrogens is 2. The Hall–Kier alpha value is -4.12. The average Bonchev–Trinajstić information content (AvgIpc) is 3.20. The Bertz CT molecular complexity index is 1470. The van der Waals surface area contributed by atoms with Crippen molar-refractivity contribution in [2.24, 2.45) is 0 Å². The highest BCUT2D eigenvalue weighted by molar-refractivity contribution is 5.96. The molecule has 5 rings (SSSR count). The van der Waals surface area contributed by atoms with E-state index in [1.165, 1.54) is 0 Å². The van der Waals surface area contributed by atoms with Gasteiger partial charge in [0, 0.05) is 23.9 Å². The number of hydrogen-bond donors (Lipinski definition) is 1. The number of fused-ring (bicyclic) bond motifs is 2. The van der Waals surface area contributed by atoms with Crippen LogP contribution < -0.4 is 4.74 Å². The number of ether oxygens (including phenoxy) is 1. The summed E-state index contributed by atoms with van der Waals surface area (Å²) in [7, 11) is 0. The smallest absolute Gasteiger partial charge is 0.449 e. The molecule has 0 aliphatic carbocycles. The summed E-state index contributed by atoms with van der Waals surface area (Å²) in [6.45, 7) is 2.93. The average molecular weight is 451 g/mol. The molecule has 4 aromatic carbocycles. The first-order valence-electron chi connectivity index (χ1n) is 11.6. The predicted octanol–water partition coefficient (Wildman–Crippen LogP) is 7.30. The van der Waals surface area contributed by atoms with Crippen LogP contribution >= 0.6 is 0 Å². The first kappa shape index (κ1) is 21.7. The second kappa shape index (κ2) is 9.40. The number of benzene rings is 4. The number of carbonyl (C=O) groups is 1. The van der Waals surface area contributed by atoms with E-state index in [2.05, 4.69) is 41.8 Å². The summed E-state index contributed by atoms with van der Waals surface area (Å²) in [4.78, 5) is 16.3. The van der Waals surface area contributed by atoms with Crippen LogP contribution in [0.1, 0.15) is 31.2 Å². The van der Waals surface area contributed by atoms with Crippen LogP contribution in [0.5, 0.6) is 5.75 Å². The number of para-hydroxylation sites is 2. The maximum Gasteiger partial charge on any atom is 0.511 e. The quantitative estimate of drug-likeness (QED) is 0.209. The Balaban J connectivity index is 1.50. The van der Waals surface area contributed by atoms with Crippen LogP contribution in [0.4, 0.5) is 4.79 Å². The minimum absolute atomic E-state index is 0.362. The number of imidazole rings is 1. The van der Waals surface area contributed by atoms with Crippen molar-refractivity contribution in [1.29, 1.82) is 0 Å². The van der Waals surface area contributed by atoms with Crippen molar-refractivity contribution in [3.05, 3.63) is 96.3 Å². The molecule has 0 saturated heterocycles. The summed E-state index contributed by atoms with van der Waals surface area (Å²) in [5.74, 6) is 1.47. The van der Waals surface area contributed by atoms with Crippen LogP contribution in [0.15, 0.2) is 84.9 Å². The molecule has 0 unspecified atom stereocenters. The van der Waals surface area contributed by atoms with Gasteiger partial charge in [0.15, 0.2) is 0 Å². The SMILES string of the molecule is CCCCc1nc2ccccc2n1Cc1ccc(-c2ccc3ccccc3c2OC(=O)O)cc1. The Morgan fingerprint density at radius 1 is 0.941 bits per heavy atom. The Labute approximate surface area is 198 Å². The highest BCUT2D eigenvalue weighted by atomic mass is 16.7. The second-order valence-electron chi connectivity index (χ2n) is 8.43. The van der Waals surface area contributed by atoms with Gasteiger partial charge in [0.25, 0.3) is 0 Å². The number of rotatable bonds is 7. The molecule has 0 fully saturated rings. The minimum Gasteiger partial charge on any atom is -0.449 e. The molecule has 0 radical (unpaired) electrons. The molecule has 0 spiro atoms. The monoisotopic (exact) mass is 450 g/mol. The van der Waals surface area contributed by atoms with Gasteiger partial charge in [-0.15, -0.1) is 0 Å². The minimum atomic E-state index is -1.32. The standard InChI is InChI=1S/C29H26N2O3/c1-2-3-12-27-30-25-10-6-7-11-26(25)31(27)19-20-13-15-22(16-14-20)24-18-17-21-8-4-5-9-23(21)28(24)34-29(32)33/h4-11,13-18H,2-3,12,19H2,1H3,(H,32,33). The third kappa shape index (κ3) is 4.25. The van der Waals surface area contributed by atoms with Crippen molar-refractivity contribution in [3.8, 4) is 16.9 Å². The molecule has 0 aliphatic rings. The number of carboxylic acid groups (broad SMARTS) is 1. The molecule has 1 aromatic heterocycles. The van der Waals surface area contributed by atoms with Crippen molar-refractivity contribution < 1.29 is 14.6 Å². The Morgan fingerprint density at radius 3 is 2.50 bits per heavy atom. The Morgan fingerprint density at radius 2 is 1.71 bits per heavy atom. The lowest BCUT2D eigenvalue weighted by Crippen LogP contribution is -2.06. The van der Waals surface area contributed by atoms with E-state index >= 15 is 0 Å². The zero-order valence-electron chi connectivity index (χ0n) is 19.1. The molecule has 1 N–H and O–H groups in total. The second-order valence-corrected chi connectivity index (χ2v) is 8.43. The number of nitrogens with zero attached hydrogens (tertiary/aromatic N) is 2. The largest absolute Gasteiger partial charge is 0.511 e. The van der Waals surface area contributed by atoms with Crippen molar-refractivity contribution in [1.82, 2.24) is 9.55 Å². The Kier molecular flexibility index (Phi) is 6.00. The van der Waals surface area contributed by atoms with Crippen molar-refractivity contribution in [2.75, 3.05) is 0 Å². The zero-order chi connectivity index (χ0) is 23.5. The van der Waals surface area contributed by atoms with E-state index in [1.54, 1.807) is 0 Å². The first-order chi connectivity index (χ1) is 16.6. The molecule has 34 heavy (non-hydrogen) atoms. The summed E-state index contributed by atoms with van der Waals surface area (Å²) >= 11 is 0. The first-order valence-corrected chi connectivity index (χ1v) is 11.6. The fourth-order valence-corrected chi connectivity index (χ4v) is 4.47. The highest BCUT2D eigenvalue weighted by Crippen LogP contribution is 2.37. The van der Waals surface area contributed by atoms with Crippen molar-refractivity contribution in [3.63, 3.8) is 0 Å². The summed E-state index contributed by atoms with van der Waals surface area (Å²) in [6, 6.07) is 28.0. The van der Waals surface area contributed by atoms with Gasteiger partial charge in [0.05, 0.1) is 11.0 Å². The molecule has 0 saturated carbocycles. The van der Waals surface area contributed by atoms with Gasteiger partial charge in [-0.25, -0.2) is 9.78 Å². The molecule has 0 atom stereocenters. The van der Waals surface area contributed by atoms with E-state index in [0.717, 1.165) is 70.1 Å². The van der Waals surface area contributed by atoms with Gasteiger partial charge in [0.2, 0.25) is 0 Å². The van der Waals surface area contributed by atoms with Gasteiger partial charge in [-0.05, 0) is 41.1 Å². The molecule has 5 nitrogen and oxygen atoms in total. The lowest BCUT2D eigenvalue weighted by Gasteiger charge is -2.13. The van der Waals surface area contributed by atoms with Gasteiger partial charge >= 0.3 is 6.16 Å². The van der Waals surface area contributed by atoms with Crippen molar-refractivity contribution >= 4 is 28.0 Å². The topological polar surface area (TPSA) is 64.4 Å². The molecule has 5 aromatic rings. The molecule has 170 valence electrons. The van der Waals surface area contributed by atoms with Gasteiger partial charge in [-0.3, -0.25) is 0 Å². The van der Waals surface area contributed by atoms with Crippen LogP contribution in [0.2, 0.25) is 0 Å². The van der Waals surface area contributed by atoms with E-state index in [1.807, 2.05) is 54.6 Å². The lowest BCUT2D eigenvalue weighted by molar-refractivity contribution is 0.145. The zero-order valence-corrected chi connectivity index (χ0v) is 19.1. The summed E-state index contributed by atoms with van der Waals surface area (Å²) in [6.07, 6.45) is 1.87. The van der Waals surface area contributed by atoms with E-state index in [0.29, 0.717) is 5.75 Å². The normalized spacial score (nSPS) is 11.2. The fraction of sp³-hybridized carbons (Fsp3) is 0.172. The van der Waals surface area contributed by atoms with Crippen LogP contribution in [0, 0.1) is 0 Å². The third-order valence-corrected chi connectivity index (χ3v) is 6.16. The maximum absolute atomic E-state index is 11.4. The number of unbranched alkanes of at least 4 members (excludes halogenated alkanes) is 1. The molecule has 5 heteroatoms. The number of hydrogen-bond acceptors (Lipinski definition) is 3. The van der Waals surface area contributed by atoms with E-state index in [-0.39, 0.29) is 0 Å².